The average molecular weight is 650 g/mol. The molecule has 0 saturated carbocycles. The van der Waals surface area contributed by atoms with Gasteiger partial charge in [-0.2, -0.15) is 4.31 Å². The van der Waals surface area contributed by atoms with E-state index < -0.39 is 65.8 Å². The fourth-order valence-corrected chi connectivity index (χ4v) is 7.04. The Morgan fingerprint density at radius 2 is 1.84 bits per heavy atom. The molecule has 3 aliphatic heterocycles. The molecule has 4 rings (SSSR count). The average Bonchev–Trinajstić information content (AvgIpc) is 3.74. The van der Waals surface area contributed by atoms with Gasteiger partial charge in [0.15, 0.2) is 0 Å². The van der Waals surface area contributed by atoms with E-state index in [2.05, 4.69) is 10.6 Å². The Kier molecular flexibility index (Phi) is 12.0. The molecule has 3 heterocycles. The summed E-state index contributed by atoms with van der Waals surface area (Å²) in [5, 5.41) is 25.3. The summed E-state index contributed by atoms with van der Waals surface area (Å²) in [4.78, 5) is 43.9. The molecule has 1 aromatic carbocycles. The van der Waals surface area contributed by atoms with E-state index in [0.717, 1.165) is 24.0 Å². The van der Waals surface area contributed by atoms with Crippen molar-refractivity contribution in [3.05, 3.63) is 35.4 Å². The van der Waals surface area contributed by atoms with Crippen LogP contribution in [-0.4, -0.2) is 110 Å². The van der Waals surface area contributed by atoms with Crippen molar-refractivity contribution in [2.75, 3.05) is 26.7 Å². The summed E-state index contributed by atoms with van der Waals surface area (Å²) in [6.45, 7) is 9.26. The summed E-state index contributed by atoms with van der Waals surface area (Å²) in [5.74, 6) is -1.99. The van der Waals surface area contributed by atoms with Crippen LogP contribution in [0, 0.1) is 5.41 Å². The van der Waals surface area contributed by atoms with Gasteiger partial charge in [-0.15, -0.1) is 0 Å². The zero-order chi connectivity index (χ0) is 32.9. The lowest BCUT2D eigenvalue weighted by Gasteiger charge is -2.36. The maximum atomic E-state index is 14.2. The number of likely N-dealkylation sites (N-methyl/N-ethyl adjacent to an activating group) is 1. The van der Waals surface area contributed by atoms with Crippen molar-refractivity contribution in [3.63, 3.8) is 0 Å². The van der Waals surface area contributed by atoms with Crippen molar-refractivity contribution in [1.29, 1.82) is 0 Å². The van der Waals surface area contributed by atoms with E-state index in [1.165, 1.54) is 9.80 Å². The highest BCUT2D eigenvalue weighted by atomic mass is 32.2. The normalized spacial score (nSPS) is 23.7. The molecule has 0 bridgehead atoms. The van der Waals surface area contributed by atoms with Crippen molar-refractivity contribution in [3.8, 4) is 0 Å². The van der Waals surface area contributed by atoms with Gasteiger partial charge in [-0.25, -0.2) is 9.00 Å². The maximum Gasteiger partial charge on any atom is 0.475 e. The topological polar surface area (TPSA) is 161 Å². The number of amides is 4. The standard InChI is InChI=1S/C30H48BN5O8S/c1-6-10-25(31(40)41)32-27(37)24-15-23(44-45(42)35-16-20-11-7-8-12-21(20)17-35)19-36(24)28(38)26(30(2,3)4)33-29(39)34(5)18-22-13-9-14-43-22/h7-8,11-12,22-26,40-41H,6,9-10,13-19H2,1-5H3,(H,32,37)(H,33,39)/t22-,23-,24+,25+,26-,45?/m1/s1. The second-order valence-electron chi connectivity index (χ2n) is 13.3. The zero-order valence-electron chi connectivity index (χ0n) is 26.9. The van der Waals surface area contributed by atoms with Crippen LogP contribution < -0.4 is 10.6 Å². The minimum Gasteiger partial charge on any atom is -0.426 e. The molecule has 1 unspecified atom stereocenters. The van der Waals surface area contributed by atoms with Gasteiger partial charge in [0.25, 0.3) is 0 Å². The number of carbonyl (C=O) groups is 3. The molecule has 0 aromatic heterocycles. The molecular weight excluding hydrogens is 601 g/mol. The summed E-state index contributed by atoms with van der Waals surface area (Å²) in [6.07, 6.45) is 1.96. The van der Waals surface area contributed by atoms with Crippen LogP contribution in [0.1, 0.15) is 70.9 Å². The van der Waals surface area contributed by atoms with Gasteiger partial charge in [-0.05, 0) is 35.8 Å². The number of hydrogen-bond donors (Lipinski definition) is 4. The number of urea groups is 1. The van der Waals surface area contributed by atoms with Crippen molar-refractivity contribution >= 4 is 36.2 Å². The van der Waals surface area contributed by atoms with E-state index in [0.29, 0.717) is 39.1 Å². The molecule has 0 aliphatic carbocycles. The fourth-order valence-electron chi connectivity index (χ4n) is 6.05. The van der Waals surface area contributed by atoms with Crippen LogP contribution in [0.2, 0.25) is 0 Å². The Morgan fingerprint density at radius 1 is 1.18 bits per heavy atom. The van der Waals surface area contributed by atoms with Gasteiger partial charge in [0.2, 0.25) is 23.1 Å². The van der Waals surface area contributed by atoms with Crippen molar-refractivity contribution < 1.29 is 37.6 Å². The van der Waals surface area contributed by atoms with Gasteiger partial charge < -0.3 is 35.2 Å². The summed E-state index contributed by atoms with van der Waals surface area (Å²) in [7, 11) is -0.131. The van der Waals surface area contributed by atoms with Crippen molar-refractivity contribution in [2.24, 2.45) is 5.41 Å². The van der Waals surface area contributed by atoms with E-state index in [-0.39, 0.29) is 19.1 Å². The lowest BCUT2D eigenvalue weighted by Crippen LogP contribution is -2.60. The van der Waals surface area contributed by atoms with Gasteiger partial charge >= 0.3 is 13.1 Å². The monoisotopic (exact) mass is 649 g/mol. The van der Waals surface area contributed by atoms with Gasteiger partial charge in [0, 0.05) is 46.3 Å². The van der Waals surface area contributed by atoms with E-state index in [4.69, 9.17) is 8.92 Å². The third-order valence-corrected chi connectivity index (χ3v) is 9.72. The Balaban J connectivity index is 1.51. The van der Waals surface area contributed by atoms with Crippen LogP contribution in [0.5, 0.6) is 0 Å². The first-order valence-electron chi connectivity index (χ1n) is 15.8. The molecule has 0 radical (unpaired) electrons. The highest BCUT2D eigenvalue weighted by Crippen LogP contribution is 2.30. The van der Waals surface area contributed by atoms with E-state index in [9.17, 15) is 28.6 Å². The summed E-state index contributed by atoms with van der Waals surface area (Å²) >= 11 is -1.84. The second kappa shape index (κ2) is 15.4. The molecule has 3 aliphatic rings. The van der Waals surface area contributed by atoms with E-state index in [1.807, 2.05) is 52.0 Å². The van der Waals surface area contributed by atoms with Gasteiger partial charge in [0.1, 0.15) is 12.1 Å². The lowest BCUT2D eigenvalue weighted by molar-refractivity contribution is -0.142. The minimum atomic E-state index is -1.84. The number of benzene rings is 1. The Morgan fingerprint density at radius 3 is 2.40 bits per heavy atom. The molecule has 6 atom stereocenters. The summed E-state index contributed by atoms with van der Waals surface area (Å²) < 4.78 is 26.6. The number of carbonyl (C=O) groups excluding carboxylic acids is 3. The van der Waals surface area contributed by atoms with E-state index in [1.54, 1.807) is 11.4 Å². The molecule has 4 N–H and O–H groups in total. The number of nitrogens with zero attached hydrogens (tertiary/aromatic N) is 3. The first-order valence-corrected chi connectivity index (χ1v) is 16.8. The second-order valence-corrected chi connectivity index (χ2v) is 14.5. The number of nitrogens with one attached hydrogen (secondary N) is 2. The predicted molar refractivity (Wildman–Crippen MR) is 169 cm³/mol. The molecule has 2 saturated heterocycles. The third-order valence-electron chi connectivity index (χ3n) is 8.61. The third kappa shape index (κ3) is 9.04. The SMILES string of the molecule is CCC[C@H](NC(=O)[C@@H]1C[C@@H](OS(=O)N2Cc3ccccc3C2)CN1C(=O)[C@@H](NC(=O)N(C)C[C@H]1CCCO1)C(C)(C)C)B(O)O. The number of rotatable bonds is 12. The van der Waals surface area contributed by atoms with Crippen LogP contribution in [0.4, 0.5) is 4.79 Å². The molecule has 13 nitrogen and oxygen atoms in total. The molecule has 1 aromatic rings. The first-order chi connectivity index (χ1) is 21.3. The minimum absolute atomic E-state index is 0.0300. The summed E-state index contributed by atoms with van der Waals surface area (Å²) in [6, 6.07) is 5.33. The predicted octanol–water partition coefficient (Wildman–Crippen LogP) is 1.10. The number of hydrogen-bond acceptors (Lipinski definition) is 8. The Bertz CT molecular complexity index is 1200. The number of likely N-dealkylation sites (tertiary alicyclic amines) is 1. The maximum absolute atomic E-state index is 14.2. The highest BCUT2D eigenvalue weighted by Gasteiger charge is 2.47. The van der Waals surface area contributed by atoms with Gasteiger partial charge in [0.05, 0.1) is 18.1 Å². The molecule has 250 valence electrons. The number of fused-ring (bicyclic) bond motifs is 1. The Labute approximate surface area is 268 Å². The van der Waals surface area contributed by atoms with Gasteiger partial charge in [-0.3, -0.25) is 13.8 Å². The lowest BCUT2D eigenvalue weighted by atomic mass is 9.76. The quantitative estimate of drug-likeness (QED) is 0.245. The molecule has 15 heteroatoms. The first kappa shape index (κ1) is 35.3. The van der Waals surface area contributed by atoms with Crippen LogP contribution in [0.25, 0.3) is 0 Å². The molecule has 0 spiro atoms. The molecular formula is C30H48BN5O8S. The van der Waals surface area contributed by atoms with Crippen LogP contribution in [0.3, 0.4) is 0 Å². The summed E-state index contributed by atoms with van der Waals surface area (Å²) in [5.41, 5.74) is 1.40. The molecule has 4 amide bonds. The number of ether oxygens (including phenoxy) is 1. The van der Waals surface area contributed by atoms with Crippen molar-refractivity contribution in [2.45, 2.75) is 103 Å². The van der Waals surface area contributed by atoms with Crippen LogP contribution in [-0.2, 0) is 42.9 Å². The largest absolute Gasteiger partial charge is 0.475 e. The van der Waals surface area contributed by atoms with Gasteiger partial charge in [-0.1, -0.05) is 58.4 Å². The zero-order valence-corrected chi connectivity index (χ0v) is 27.8. The smallest absolute Gasteiger partial charge is 0.426 e. The highest BCUT2D eigenvalue weighted by molar-refractivity contribution is 7.77. The molecule has 2 fully saturated rings. The van der Waals surface area contributed by atoms with Crippen LogP contribution >= 0.6 is 0 Å². The molecule has 45 heavy (non-hydrogen) atoms. The fraction of sp³-hybridized carbons (Fsp3) is 0.700. The van der Waals surface area contributed by atoms with Crippen molar-refractivity contribution in [1.82, 2.24) is 24.7 Å². The van der Waals surface area contributed by atoms with Crippen LogP contribution in [0.15, 0.2) is 24.3 Å². The Hall–Kier alpha value is -2.56. The van der Waals surface area contributed by atoms with E-state index >= 15 is 0 Å².